The third-order valence-electron chi connectivity index (χ3n) is 2.38. The van der Waals surface area contributed by atoms with Gasteiger partial charge in [-0.05, 0) is 36.8 Å². The van der Waals surface area contributed by atoms with Crippen molar-refractivity contribution in [2.24, 2.45) is 0 Å². The van der Waals surface area contributed by atoms with E-state index in [1.807, 2.05) is 22.7 Å². The highest BCUT2D eigenvalue weighted by Crippen LogP contribution is 2.37. The normalized spacial score (nSPS) is 11.3. The molecule has 2 aromatic rings. The Morgan fingerprint density at radius 2 is 2.00 bits per heavy atom. The van der Waals surface area contributed by atoms with Crippen molar-refractivity contribution in [1.29, 1.82) is 0 Å². The summed E-state index contributed by atoms with van der Waals surface area (Å²) in [5.41, 5.74) is 2.98. The van der Waals surface area contributed by atoms with Crippen LogP contribution >= 0.6 is 22.7 Å². The zero-order valence-corrected chi connectivity index (χ0v) is 9.94. The van der Waals surface area contributed by atoms with E-state index < -0.39 is 0 Å². The molecular weight excluding hydrogens is 196 g/mol. The molecule has 0 bridgehead atoms. The lowest BCUT2D eigenvalue weighted by Gasteiger charge is -1.93. The third-order valence-corrected chi connectivity index (χ3v) is 5.21. The summed E-state index contributed by atoms with van der Waals surface area (Å²) < 4.78 is 3.04. The van der Waals surface area contributed by atoms with Gasteiger partial charge in [0.15, 0.2) is 0 Å². The molecule has 2 heteroatoms. The van der Waals surface area contributed by atoms with Gasteiger partial charge in [0.05, 0.1) is 0 Å². The highest BCUT2D eigenvalue weighted by atomic mass is 32.1. The van der Waals surface area contributed by atoms with E-state index in [0.29, 0.717) is 0 Å². The van der Waals surface area contributed by atoms with E-state index in [-0.39, 0.29) is 0 Å². The molecule has 0 aliphatic heterocycles. The molecule has 0 aliphatic rings. The molecule has 2 aromatic heterocycles. The second-order valence-electron chi connectivity index (χ2n) is 3.48. The monoisotopic (exact) mass is 210 g/mol. The summed E-state index contributed by atoms with van der Waals surface area (Å²) in [5, 5.41) is 2.27. The Labute approximate surface area is 87.2 Å². The number of aryl methyl sites for hydroxylation is 3. The summed E-state index contributed by atoms with van der Waals surface area (Å²) in [5.74, 6) is 0. The van der Waals surface area contributed by atoms with Gasteiger partial charge in [0, 0.05) is 14.3 Å². The fourth-order valence-corrected chi connectivity index (χ4v) is 4.27. The molecule has 2 rings (SSSR count). The van der Waals surface area contributed by atoms with Gasteiger partial charge in [0.25, 0.3) is 0 Å². The second kappa shape index (κ2) is 3.43. The lowest BCUT2D eigenvalue weighted by Crippen LogP contribution is -1.78. The molecule has 0 saturated heterocycles. The fraction of sp³-hybridized carbons (Fsp3) is 0.455. The van der Waals surface area contributed by atoms with E-state index in [9.17, 15) is 0 Å². The Bertz CT molecular complexity index is 420. The van der Waals surface area contributed by atoms with E-state index in [1.54, 1.807) is 4.88 Å². The predicted molar refractivity (Wildman–Crippen MR) is 63.2 cm³/mol. The number of hydrogen-bond donors (Lipinski definition) is 0. The molecule has 0 radical (unpaired) electrons. The van der Waals surface area contributed by atoms with E-state index in [4.69, 9.17) is 0 Å². The first-order valence-corrected chi connectivity index (χ1v) is 6.39. The SMILES string of the molecule is CCCc1sc2c(C)csc2c1C. The first-order chi connectivity index (χ1) is 6.24. The summed E-state index contributed by atoms with van der Waals surface area (Å²) in [7, 11) is 0. The van der Waals surface area contributed by atoms with E-state index >= 15 is 0 Å². The molecule has 70 valence electrons. The van der Waals surface area contributed by atoms with Gasteiger partial charge in [-0.3, -0.25) is 0 Å². The molecule has 0 N–H and O–H groups in total. The van der Waals surface area contributed by atoms with E-state index in [2.05, 4.69) is 26.2 Å². The van der Waals surface area contributed by atoms with Crippen molar-refractivity contribution < 1.29 is 0 Å². The summed E-state index contributed by atoms with van der Waals surface area (Å²) >= 11 is 3.89. The topological polar surface area (TPSA) is 0 Å². The average molecular weight is 210 g/mol. The molecule has 0 amide bonds. The minimum atomic E-state index is 1.25. The molecule has 0 saturated carbocycles. The minimum Gasteiger partial charge on any atom is -0.142 e. The van der Waals surface area contributed by atoms with Crippen molar-refractivity contribution >= 4 is 32.1 Å². The Morgan fingerprint density at radius 1 is 1.23 bits per heavy atom. The van der Waals surface area contributed by atoms with Gasteiger partial charge in [-0.15, -0.1) is 22.7 Å². The standard InChI is InChI=1S/C11H14S2/c1-4-5-9-8(3)11-10(13-9)7(2)6-12-11/h6H,4-5H2,1-3H3. The van der Waals surface area contributed by atoms with E-state index in [1.165, 1.54) is 33.4 Å². The van der Waals surface area contributed by atoms with Gasteiger partial charge in [-0.2, -0.15) is 0 Å². The van der Waals surface area contributed by atoms with Crippen molar-refractivity contribution in [3.05, 3.63) is 21.4 Å². The molecule has 0 atom stereocenters. The van der Waals surface area contributed by atoms with Gasteiger partial charge in [-0.1, -0.05) is 13.3 Å². The van der Waals surface area contributed by atoms with Crippen molar-refractivity contribution in [2.75, 3.05) is 0 Å². The molecule has 0 aliphatic carbocycles. The van der Waals surface area contributed by atoms with Gasteiger partial charge in [0.2, 0.25) is 0 Å². The molecule has 0 unspecified atom stereocenters. The molecular formula is C11H14S2. The number of rotatable bonds is 2. The lowest BCUT2D eigenvalue weighted by molar-refractivity contribution is 0.934. The van der Waals surface area contributed by atoms with Crippen LogP contribution in [0.3, 0.4) is 0 Å². The van der Waals surface area contributed by atoms with Crippen LogP contribution in [0.2, 0.25) is 0 Å². The second-order valence-corrected chi connectivity index (χ2v) is 5.46. The largest absolute Gasteiger partial charge is 0.142 e. The Hall–Kier alpha value is -0.340. The first kappa shape index (κ1) is 9.22. The minimum absolute atomic E-state index is 1.25. The van der Waals surface area contributed by atoms with Crippen LogP contribution in [-0.4, -0.2) is 0 Å². The Morgan fingerprint density at radius 3 is 2.62 bits per heavy atom. The van der Waals surface area contributed by atoms with Crippen molar-refractivity contribution in [3.63, 3.8) is 0 Å². The van der Waals surface area contributed by atoms with E-state index in [0.717, 1.165) is 0 Å². The molecule has 0 nitrogen and oxygen atoms in total. The quantitative estimate of drug-likeness (QED) is 0.683. The van der Waals surface area contributed by atoms with Crippen LogP contribution in [0.1, 0.15) is 29.3 Å². The van der Waals surface area contributed by atoms with Crippen LogP contribution in [0.15, 0.2) is 5.38 Å². The summed E-state index contributed by atoms with van der Waals surface area (Å²) in [6.45, 7) is 6.73. The lowest BCUT2D eigenvalue weighted by atomic mass is 10.2. The maximum atomic E-state index is 2.27. The Balaban J connectivity index is 2.60. The molecule has 0 aromatic carbocycles. The zero-order chi connectivity index (χ0) is 9.42. The van der Waals surface area contributed by atoms with Gasteiger partial charge >= 0.3 is 0 Å². The first-order valence-electron chi connectivity index (χ1n) is 4.70. The maximum absolute atomic E-state index is 2.27. The van der Waals surface area contributed by atoms with Crippen LogP contribution < -0.4 is 0 Å². The third kappa shape index (κ3) is 1.42. The van der Waals surface area contributed by atoms with Crippen molar-refractivity contribution in [3.8, 4) is 0 Å². The molecule has 0 spiro atoms. The number of hydrogen-bond acceptors (Lipinski definition) is 2. The summed E-state index contributed by atoms with van der Waals surface area (Å²) in [6, 6.07) is 0. The summed E-state index contributed by atoms with van der Waals surface area (Å²) in [4.78, 5) is 1.59. The van der Waals surface area contributed by atoms with Crippen molar-refractivity contribution in [1.82, 2.24) is 0 Å². The van der Waals surface area contributed by atoms with Gasteiger partial charge in [-0.25, -0.2) is 0 Å². The molecule has 13 heavy (non-hydrogen) atoms. The van der Waals surface area contributed by atoms with Crippen LogP contribution in [0.4, 0.5) is 0 Å². The smallest absolute Gasteiger partial charge is 0.0485 e. The highest BCUT2D eigenvalue weighted by molar-refractivity contribution is 7.27. The van der Waals surface area contributed by atoms with Crippen LogP contribution in [0.5, 0.6) is 0 Å². The summed E-state index contributed by atoms with van der Waals surface area (Å²) in [6.07, 6.45) is 2.50. The maximum Gasteiger partial charge on any atom is 0.0485 e. The molecule has 2 heterocycles. The van der Waals surface area contributed by atoms with Gasteiger partial charge < -0.3 is 0 Å². The zero-order valence-electron chi connectivity index (χ0n) is 8.31. The van der Waals surface area contributed by atoms with Crippen molar-refractivity contribution in [2.45, 2.75) is 33.6 Å². The van der Waals surface area contributed by atoms with Crippen LogP contribution in [0.25, 0.3) is 9.40 Å². The Kier molecular flexibility index (Phi) is 2.43. The number of thiophene rings is 2. The molecule has 0 fully saturated rings. The predicted octanol–water partition coefficient (Wildman–Crippen LogP) is 4.53. The number of fused-ring (bicyclic) bond motifs is 1. The highest BCUT2D eigenvalue weighted by Gasteiger charge is 2.10. The fourth-order valence-electron chi connectivity index (χ4n) is 1.61. The van der Waals surface area contributed by atoms with Crippen LogP contribution in [0, 0.1) is 13.8 Å². The van der Waals surface area contributed by atoms with Crippen LogP contribution in [-0.2, 0) is 6.42 Å². The van der Waals surface area contributed by atoms with Gasteiger partial charge in [0.1, 0.15) is 0 Å². The average Bonchev–Trinajstić information content (AvgIpc) is 2.59.